The lowest BCUT2D eigenvalue weighted by Gasteiger charge is -2.34. The van der Waals surface area contributed by atoms with Crippen molar-refractivity contribution in [3.8, 4) is 0 Å². The number of hydrogen-bond acceptors (Lipinski definition) is 5. The van der Waals surface area contributed by atoms with E-state index in [1.54, 1.807) is 11.9 Å². The van der Waals surface area contributed by atoms with Crippen LogP contribution in [-0.2, 0) is 7.05 Å². The summed E-state index contributed by atoms with van der Waals surface area (Å²) in [7, 11) is 1.55. The summed E-state index contributed by atoms with van der Waals surface area (Å²) in [6.07, 6.45) is 2.76. The van der Waals surface area contributed by atoms with E-state index in [0.717, 1.165) is 19.3 Å². The van der Waals surface area contributed by atoms with Crippen molar-refractivity contribution in [1.82, 2.24) is 14.7 Å². The van der Waals surface area contributed by atoms with Crippen LogP contribution in [0.15, 0.2) is 0 Å². The topological polar surface area (TPSA) is 107 Å². The largest absolute Gasteiger partial charge is 0.333 e. The van der Waals surface area contributed by atoms with Crippen LogP contribution in [0.25, 0.3) is 0 Å². The summed E-state index contributed by atoms with van der Waals surface area (Å²) in [6.45, 7) is 2.49. The summed E-state index contributed by atoms with van der Waals surface area (Å²) in [5, 5.41) is 15.1. The second-order valence-electron chi connectivity index (χ2n) is 5.05. The van der Waals surface area contributed by atoms with Gasteiger partial charge in [0.25, 0.3) is 5.91 Å². The Morgan fingerprint density at radius 1 is 1.52 bits per heavy atom. The number of halogens is 1. The monoisotopic (exact) mass is 317 g/mol. The van der Waals surface area contributed by atoms with E-state index >= 15 is 0 Å². The fourth-order valence-corrected chi connectivity index (χ4v) is 2.75. The van der Waals surface area contributed by atoms with Crippen molar-refractivity contribution >= 4 is 24.0 Å². The highest BCUT2D eigenvalue weighted by Gasteiger charge is 2.35. The molecule has 1 aromatic heterocycles. The number of nitrogens with zero attached hydrogens (tertiary/aromatic N) is 4. The van der Waals surface area contributed by atoms with Gasteiger partial charge in [-0.15, -0.1) is 12.4 Å². The molecule has 1 amide bonds. The minimum absolute atomic E-state index is 0. The lowest BCUT2D eigenvalue weighted by atomic mass is 10.0. The van der Waals surface area contributed by atoms with Crippen molar-refractivity contribution in [2.75, 3.05) is 13.1 Å². The van der Waals surface area contributed by atoms with E-state index in [1.165, 1.54) is 11.6 Å². The number of aromatic nitrogens is 2. The Labute approximate surface area is 128 Å². The maximum absolute atomic E-state index is 12.6. The Bertz CT molecular complexity index is 545. The SMILES string of the molecule is Cc1nn(C)c(C(=O)N2CCCCC2CN)c1[N+](=O)[O-].Cl. The molecule has 0 radical (unpaired) electrons. The zero-order valence-electron chi connectivity index (χ0n) is 12.1. The fourth-order valence-electron chi connectivity index (χ4n) is 2.75. The van der Waals surface area contributed by atoms with Crippen molar-refractivity contribution in [2.45, 2.75) is 32.2 Å². The molecule has 0 saturated carbocycles. The molecule has 2 rings (SSSR count). The number of nitrogens with two attached hydrogens (primary N) is 1. The molecule has 1 fully saturated rings. The molecule has 118 valence electrons. The van der Waals surface area contributed by atoms with E-state index in [4.69, 9.17) is 5.73 Å². The lowest BCUT2D eigenvalue weighted by Crippen LogP contribution is -2.48. The molecule has 0 aromatic carbocycles. The molecule has 0 aliphatic carbocycles. The van der Waals surface area contributed by atoms with Gasteiger partial charge in [0.1, 0.15) is 5.69 Å². The summed E-state index contributed by atoms with van der Waals surface area (Å²) >= 11 is 0. The Balaban J connectivity index is 0.00000220. The lowest BCUT2D eigenvalue weighted by molar-refractivity contribution is -0.385. The van der Waals surface area contributed by atoms with Crippen LogP contribution in [0, 0.1) is 17.0 Å². The van der Waals surface area contributed by atoms with E-state index in [9.17, 15) is 14.9 Å². The number of aryl methyl sites for hydroxylation is 2. The highest BCUT2D eigenvalue weighted by Crippen LogP contribution is 2.26. The van der Waals surface area contributed by atoms with E-state index in [-0.39, 0.29) is 41.4 Å². The van der Waals surface area contributed by atoms with E-state index < -0.39 is 4.92 Å². The number of carbonyl (C=O) groups is 1. The normalized spacial score (nSPS) is 18.2. The first-order valence-corrected chi connectivity index (χ1v) is 6.66. The third kappa shape index (κ3) is 3.16. The van der Waals surface area contributed by atoms with Crippen LogP contribution in [0.3, 0.4) is 0 Å². The molecule has 1 aliphatic heterocycles. The third-order valence-electron chi connectivity index (χ3n) is 3.74. The zero-order chi connectivity index (χ0) is 14.9. The van der Waals surface area contributed by atoms with Crippen molar-refractivity contribution < 1.29 is 9.72 Å². The maximum atomic E-state index is 12.6. The van der Waals surface area contributed by atoms with E-state index in [1.807, 2.05) is 0 Å². The first-order valence-electron chi connectivity index (χ1n) is 6.66. The molecular formula is C12H20ClN5O3. The molecule has 0 spiro atoms. The highest BCUT2D eigenvalue weighted by atomic mass is 35.5. The Hall–Kier alpha value is -1.67. The van der Waals surface area contributed by atoms with Gasteiger partial charge in [-0.3, -0.25) is 19.6 Å². The molecular weight excluding hydrogens is 298 g/mol. The van der Waals surface area contributed by atoms with Crippen LogP contribution >= 0.6 is 12.4 Å². The molecule has 21 heavy (non-hydrogen) atoms. The van der Waals surface area contributed by atoms with Crippen LogP contribution in [0.1, 0.15) is 35.4 Å². The summed E-state index contributed by atoms with van der Waals surface area (Å²) in [5.74, 6) is -0.352. The van der Waals surface area contributed by atoms with Crippen LogP contribution < -0.4 is 5.73 Å². The standard InChI is InChI=1S/C12H19N5O3.ClH/c1-8-10(17(19)20)11(15(2)14-8)12(18)16-6-4-3-5-9(16)7-13;/h9H,3-7,13H2,1-2H3;1H. The Morgan fingerprint density at radius 2 is 2.19 bits per heavy atom. The zero-order valence-corrected chi connectivity index (χ0v) is 12.9. The molecule has 1 aliphatic rings. The Morgan fingerprint density at radius 3 is 2.76 bits per heavy atom. The number of hydrogen-bond donors (Lipinski definition) is 1. The quantitative estimate of drug-likeness (QED) is 0.661. The number of carbonyl (C=O) groups excluding carboxylic acids is 1. The highest BCUT2D eigenvalue weighted by molar-refractivity contribution is 5.97. The van der Waals surface area contributed by atoms with Gasteiger partial charge in [-0.2, -0.15) is 5.10 Å². The van der Waals surface area contributed by atoms with Gasteiger partial charge in [0, 0.05) is 26.2 Å². The summed E-state index contributed by atoms with van der Waals surface area (Å²) in [4.78, 5) is 24.9. The number of nitro groups is 1. The van der Waals surface area contributed by atoms with Crippen molar-refractivity contribution in [3.05, 3.63) is 21.5 Å². The summed E-state index contributed by atoms with van der Waals surface area (Å²) in [5.41, 5.74) is 5.78. The minimum Gasteiger partial charge on any atom is -0.333 e. The molecule has 1 saturated heterocycles. The second kappa shape index (κ2) is 6.86. The first-order chi connectivity index (χ1) is 9.47. The maximum Gasteiger partial charge on any atom is 0.322 e. The molecule has 0 bridgehead atoms. The van der Waals surface area contributed by atoms with Gasteiger partial charge >= 0.3 is 5.69 Å². The first kappa shape index (κ1) is 17.4. The predicted octanol–water partition coefficient (Wildman–Crippen LogP) is 1.01. The van der Waals surface area contributed by atoms with Gasteiger partial charge in [-0.1, -0.05) is 0 Å². The smallest absolute Gasteiger partial charge is 0.322 e. The van der Waals surface area contributed by atoms with Crippen molar-refractivity contribution in [3.63, 3.8) is 0 Å². The van der Waals surface area contributed by atoms with Crippen LogP contribution in [0.4, 0.5) is 5.69 Å². The van der Waals surface area contributed by atoms with Gasteiger partial charge in [-0.05, 0) is 26.2 Å². The molecule has 1 atom stereocenters. The summed E-state index contributed by atoms with van der Waals surface area (Å²) < 4.78 is 1.29. The minimum atomic E-state index is -0.545. The molecule has 9 heteroatoms. The summed E-state index contributed by atoms with van der Waals surface area (Å²) in [6, 6.07) is -0.0499. The van der Waals surface area contributed by atoms with Gasteiger partial charge in [0.15, 0.2) is 0 Å². The second-order valence-corrected chi connectivity index (χ2v) is 5.05. The van der Waals surface area contributed by atoms with Crippen LogP contribution in [0.2, 0.25) is 0 Å². The van der Waals surface area contributed by atoms with Crippen molar-refractivity contribution in [2.24, 2.45) is 12.8 Å². The van der Waals surface area contributed by atoms with Crippen LogP contribution in [0.5, 0.6) is 0 Å². The van der Waals surface area contributed by atoms with Gasteiger partial charge in [-0.25, -0.2) is 0 Å². The number of piperidine rings is 1. The fraction of sp³-hybridized carbons (Fsp3) is 0.667. The average Bonchev–Trinajstić information content (AvgIpc) is 2.72. The molecule has 8 nitrogen and oxygen atoms in total. The number of amides is 1. The van der Waals surface area contributed by atoms with Gasteiger partial charge < -0.3 is 10.6 Å². The van der Waals surface area contributed by atoms with Gasteiger partial charge in [0.05, 0.1) is 4.92 Å². The van der Waals surface area contributed by atoms with Crippen molar-refractivity contribution in [1.29, 1.82) is 0 Å². The van der Waals surface area contributed by atoms with Crippen LogP contribution in [-0.4, -0.2) is 44.6 Å². The van der Waals surface area contributed by atoms with E-state index in [0.29, 0.717) is 13.1 Å². The average molecular weight is 318 g/mol. The predicted molar refractivity (Wildman–Crippen MR) is 79.6 cm³/mol. The molecule has 1 unspecified atom stereocenters. The number of rotatable bonds is 3. The number of likely N-dealkylation sites (tertiary alicyclic amines) is 1. The van der Waals surface area contributed by atoms with Gasteiger partial charge in [0.2, 0.25) is 5.69 Å². The molecule has 2 heterocycles. The Kier molecular flexibility index (Phi) is 5.68. The molecule has 1 aromatic rings. The molecule has 2 N–H and O–H groups in total. The third-order valence-corrected chi connectivity index (χ3v) is 3.74. The van der Waals surface area contributed by atoms with E-state index in [2.05, 4.69) is 5.10 Å².